The topological polar surface area (TPSA) is 132 Å². The molecule has 0 aliphatic carbocycles. The van der Waals surface area contributed by atoms with Crippen LogP contribution in [-0.2, 0) is 16.1 Å². The minimum Gasteiger partial charge on any atom is -0.375 e. The number of anilines is 2. The summed E-state index contributed by atoms with van der Waals surface area (Å²) in [5.41, 5.74) is 3.77. The molecule has 0 saturated carbocycles. The molecule has 2 aliphatic heterocycles. The van der Waals surface area contributed by atoms with Crippen LogP contribution in [0.5, 0.6) is 0 Å². The largest absolute Gasteiger partial charge is 0.375 e. The van der Waals surface area contributed by atoms with Crippen LogP contribution in [0.15, 0.2) is 67.5 Å². The number of carbonyl (C=O) groups is 1. The summed E-state index contributed by atoms with van der Waals surface area (Å²) in [6.45, 7) is 3.60. The standard InChI is InChI=1S/C33H31F2N11O2/c1-3-48-21-15-43(2)32(47)28-12-20(41-33-36-10-9-25(42-33)22-5-4-6-26-29(22)44(16-21)18-39-26)14-45(28)30-23-13-40-46(31(23)38-17-37-30)27-8-7-19(34)11-24(27)35/h4-11,13,17-18,20-21,28H,3,12,14-16H2,1-2H3,(H,36,41,42)/t20-,21-,28-/m0/s1. The first-order valence-corrected chi connectivity index (χ1v) is 15.7. The number of nitrogens with zero attached hydrogens (tertiary/aromatic N) is 10. The van der Waals surface area contributed by atoms with Crippen molar-refractivity contribution in [2.24, 2.45) is 0 Å². The minimum atomic E-state index is -0.779. The van der Waals surface area contributed by atoms with Crippen LogP contribution in [0.2, 0.25) is 0 Å². The lowest BCUT2D eigenvalue weighted by atomic mass is 10.1. The molecule has 4 bridgehead atoms. The highest BCUT2D eigenvalue weighted by Crippen LogP contribution is 2.34. The number of hydrogen-bond acceptors (Lipinski definition) is 10. The molecule has 2 aliphatic rings. The molecule has 2 aromatic carbocycles. The number of fused-ring (bicyclic) bond motifs is 6. The number of aromatic nitrogens is 8. The summed E-state index contributed by atoms with van der Waals surface area (Å²) in [6, 6.07) is 10.2. The van der Waals surface area contributed by atoms with Gasteiger partial charge in [0.2, 0.25) is 11.9 Å². The van der Waals surface area contributed by atoms with Crippen molar-refractivity contribution in [1.82, 2.24) is 44.2 Å². The molecular weight excluding hydrogens is 620 g/mol. The molecule has 0 spiro atoms. The van der Waals surface area contributed by atoms with Gasteiger partial charge in [-0.3, -0.25) is 4.79 Å². The van der Waals surface area contributed by atoms with Crippen LogP contribution in [0.4, 0.5) is 20.5 Å². The SMILES string of the molecule is CCO[C@H]1CN(C)C(=O)[C@@H]2C[C@@H](CN2c2ncnc3c2cnn3-c2ccc(F)cc2F)Nc2nccc(n2)-c2cccc3ncn(c23)C1. The summed E-state index contributed by atoms with van der Waals surface area (Å²) in [4.78, 5) is 41.0. The van der Waals surface area contributed by atoms with Crippen molar-refractivity contribution in [3.8, 4) is 16.9 Å². The van der Waals surface area contributed by atoms with Gasteiger partial charge < -0.3 is 24.4 Å². The highest BCUT2D eigenvalue weighted by atomic mass is 19.1. The second-order valence-corrected chi connectivity index (χ2v) is 12.0. The molecule has 15 heteroatoms. The maximum absolute atomic E-state index is 14.8. The molecule has 1 amide bonds. The Bertz CT molecular complexity index is 2170. The number of para-hydroxylation sites is 1. The van der Waals surface area contributed by atoms with Gasteiger partial charge in [-0.15, -0.1) is 0 Å². The molecule has 4 aromatic heterocycles. The Labute approximate surface area is 273 Å². The smallest absolute Gasteiger partial charge is 0.245 e. The van der Waals surface area contributed by atoms with Crippen molar-refractivity contribution in [2.45, 2.75) is 38.1 Å². The van der Waals surface area contributed by atoms with Crippen molar-refractivity contribution in [3.63, 3.8) is 0 Å². The van der Waals surface area contributed by atoms with E-state index in [9.17, 15) is 13.6 Å². The lowest BCUT2D eigenvalue weighted by Crippen LogP contribution is -2.47. The Hall–Kier alpha value is -5.57. The number of likely N-dealkylation sites (N-methyl/N-ethyl adjacent to an activating group) is 1. The van der Waals surface area contributed by atoms with E-state index in [2.05, 4.69) is 34.9 Å². The van der Waals surface area contributed by atoms with Crippen molar-refractivity contribution in [3.05, 3.63) is 79.1 Å². The summed E-state index contributed by atoms with van der Waals surface area (Å²) < 4.78 is 38.0. The van der Waals surface area contributed by atoms with Gasteiger partial charge in [0.15, 0.2) is 11.5 Å². The lowest BCUT2D eigenvalue weighted by Gasteiger charge is -2.31. The van der Waals surface area contributed by atoms with Crippen molar-refractivity contribution < 1.29 is 18.3 Å². The molecular formula is C33H31F2N11O2. The van der Waals surface area contributed by atoms with E-state index in [4.69, 9.17) is 9.72 Å². The number of hydrogen-bond donors (Lipinski definition) is 1. The van der Waals surface area contributed by atoms with Gasteiger partial charge in [0.1, 0.15) is 29.7 Å². The molecule has 1 N–H and O–H groups in total. The average Bonchev–Trinajstić information content (AvgIpc) is 3.81. The fourth-order valence-electron chi connectivity index (χ4n) is 6.80. The number of benzene rings is 2. The fraction of sp³-hybridized carbons (Fsp3) is 0.303. The van der Waals surface area contributed by atoms with Crippen LogP contribution in [0.3, 0.4) is 0 Å². The molecule has 1 saturated heterocycles. The van der Waals surface area contributed by atoms with Gasteiger partial charge in [-0.2, -0.15) is 5.10 Å². The van der Waals surface area contributed by atoms with E-state index in [-0.39, 0.29) is 23.7 Å². The number of amides is 1. The van der Waals surface area contributed by atoms with E-state index in [1.807, 2.05) is 36.1 Å². The van der Waals surface area contributed by atoms with Crippen LogP contribution in [0, 0.1) is 11.6 Å². The summed E-state index contributed by atoms with van der Waals surface area (Å²) in [5, 5.41) is 8.35. The molecule has 8 rings (SSSR count). The average molecular weight is 652 g/mol. The van der Waals surface area contributed by atoms with E-state index >= 15 is 0 Å². The van der Waals surface area contributed by atoms with E-state index in [0.717, 1.165) is 34.4 Å². The maximum atomic E-state index is 14.8. The number of imidazole rings is 1. The molecule has 1 fully saturated rings. The molecule has 13 nitrogen and oxygen atoms in total. The van der Waals surface area contributed by atoms with Crippen LogP contribution < -0.4 is 10.2 Å². The third-order valence-corrected chi connectivity index (χ3v) is 8.90. The highest BCUT2D eigenvalue weighted by molar-refractivity contribution is 5.93. The third-order valence-electron chi connectivity index (χ3n) is 8.90. The van der Waals surface area contributed by atoms with E-state index in [1.165, 1.54) is 23.3 Å². The first-order valence-electron chi connectivity index (χ1n) is 15.7. The van der Waals surface area contributed by atoms with E-state index < -0.39 is 17.7 Å². The molecule has 0 unspecified atom stereocenters. The van der Waals surface area contributed by atoms with Crippen LogP contribution in [-0.4, -0.2) is 95.0 Å². The molecule has 48 heavy (non-hydrogen) atoms. The molecule has 6 heterocycles. The number of nitrogens with one attached hydrogen (secondary N) is 1. The summed E-state index contributed by atoms with van der Waals surface area (Å²) in [6.07, 6.45) is 6.51. The zero-order valence-electron chi connectivity index (χ0n) is 26.2. The monoisotopic (exact) mass is 651 g/mol. The normalized spacial score (nSPS) is 19.8. The number of halogens is 2. The van der Waals surface area contributed by atoms with Crippen molar-refractivity contribution in [1.29, 1.82) is 0 Å². The lowest BCUT2D eigenvalue weighted by molar-refractivity contribution is -0.133. The van der Waals surface area contributed by atoms with Gasteiger partial charge in [-0.1, -0.05) is 12.1 Å². The number of carbonyl (C=O) groups excluding carboxylic acids is 1. The maximum Gasteiger partial charge on any atom is 0.245 e. The van der Waals surface area contributed by atoms with Gasteiger partial charge in [-0.05, 0) is 37.6 Å². The Morgan fingerprint density at radius 1 is 1.04 bits per heavy atom. The zero-order valence-corrected chi connectivity index (χ0v) is 26.2. The minimum absolute atomic E-state index is 0.0431. The van der Waals surface area contributed by atoms with E-state index in [1.54, 1.807) is 24.5 Å². The fourth-order valence-corrected chi connectivity index (χ4v) is 6.80. The Morgan fingerprint density at radius 3 is 2.79 bits per heavy atom. The number of rotatable bonds is 4. The van der Waals surface area contributed by atoms with Gasteiger partial charge in [0.05, 0.1) is 47.3 Å². The molecule has 0 radical (unpaired) electrons. The Morgan fingerprint density at radius 2 is 1.94 bits per heavy atom. The first-order chi connectivity index (χ1) is 23.4. The second kappa shape index (κ2) is 11.9. The first kappa shape index (κ1) is 29.8. The molecule has 244 valence electrons. The quantitative estimate of drug-likeness (QED) is 0.300. The van der Waals surface area contributed by atoms with Crippen molar-refractivity contribution >= 4 is 39.7 Å². The Balaban J connectivity index is 1.21. The van der Waals surface area contributed by atoms with Crippen LogP contribution in [0.1, 0.15) is 13.3 Å². The predicted octanol–water partition coefficient (Wildman–Crippen LogP) is 3.84. The molecule has 3 atom stereocenters. The van der Waals surface area contributed by atoms with Gasteiger partial charge in [0.25, 0.3) is 0 Å². The number of ether oxygens (including phenoxy) is 1. The predicted molar refractivity (Wildman–Crippen MR) is 174 cm³/mol. The zero-order chi connectivity index (χ0) is 32.9. The van der Waals surface area contributed by atoms with Gasteiger partial charge in [-0.25, -0.2) is 38.4 Å². The van der Waals surface area contributed by atoms with Crippen molar-refractivity contribution in [2.75, 3.05) is 37.0 Å². The summed E-state index contributed by atoms with van der Waals surface area (Å²) in [5.74, 6) is -0.695. The summed E-state index contributed by atoms with van der Waals surface area (Å²) in [7, 11) is 1.78. The Kier molecular flexibility index (Phi) is 7.39. The molecule has 6 aromatic rings. The van der Waals surface area contributed by atoms with Gasteiger partial charge >= 0.3 is 0 Å². The van der Waals surface area contributed by atoms with Gasteiger partial charge in [0, 0.05) is 50.6 Å². The highest BCUT2D eigenvalue weighted by Gasteiger charge is 2.41. The second-order valence-electron chi connectivity index (χ2n) is 12.0. The van der Waals surface area contributed by atoms with Crippen LogP contribution >= 0.6 is 0 Å². The third kappa shape index (κ3) is 5.15. The van der Waals surface area contributed by atoms with E-state index in [0.29, 0.717) is 55.5 Å². The summed E-state index contributed by atoms with van der Waals surface area (Å²) >= 11 is 0. The van der Waals surface area contributed by atoms with Crippen LogP contribution in [0.25, 0.3) is 39.0 Å².